The highest BCUT2D eigenvalue weighted by Crippen LogP contribution is 2.28. The molecule has 4 aromatic carbocycles. The van der Waals surface area contributed by atoms with Gasteiger partial charge < -0.3 is 25.6 Å². The van der Waals surface area contributed by atoms with Gasteiger partial charge in [-0.2, -0.15) is 0 Å². The lowest BCUT2D eigenvalue weighted by molar-refractivity contribution is 0.0683. The summed E-state index contributed by atoms with van der Waals surface area (Å²) in [5.74, 6) is 5.40. The van der Waals surface area contributed by atoms with Crippen LogP contribution in [-0.4, -0.2) is 34.0 Å². The van der Waals surface area contributed by atoms with Gasteiger partial charge in [-0.25, -0.2) is 9.59 Å². The summed E-state index contributed by atoms with van der Waals surface area (Å²) in [5, 5.41) is 24.6. The fourth-order valence-corrected chi connectivity index (χ4v) is 4.19. The Hall–Kier alpha value is -7.20. The van der Waals surface area contributed by atoms with Gasteiger partial charge in [-0.1, -0.05) is 23.7 Å². The molecule has 0 atom stereocenters. The van der Waals surface area contributed by atoms with Crippen LogP contribution >= 0.6 is 0 Å². The largest absolute Gasteiger partial charge is 0.478 e. The zero-order valence-corrected chi connectivity index (χ0v) is 23.2. The third-order valence-electron chi connectivity index (χ3n) is 6.22. The third kappa shape index (κ3) is 7.18. The summed E-state index contributed by atoms with van der Waals surface area (Å²) >= 11 is 0. The fraction of sp³-hybridized carbons (Fsp3) is 0. The average molecular weight is 593 g/mol. The van der Waals surface area contributed by atoms with Crippen LogP contribution in [0.2, 0.25) is 0 Å². The minimum atomic E-state index is -1.37. The summed E-state index contributed by atoms with van der Waals surface area (Å²) in [6, 6.07) is 16.4. The molecule has 45 heavy (non-hydrogen) atoms. The van der Waals surface area contributed by atoms with Gasteiger partial charge in [-0.05, 0) is 72.8 Å². The lowest BCUT2D eigenvalue weighted by Crippen LogP contribution is -2.17. The molecule has 0 aliphatic heterocycles. The molecule has 9 heteroatoms. The summed E-state index contributed by atoms with van der Waals surface area (Å²) in [6.45, 7) is 0. The maximum atomic E-state index is 13.2. The Labute approximate surface area is 257 Å². The van der Waals surface area contributed by atoms with E-state index >= 15 is 0 Å². The van der Waals surface area contributed by atoms with Crippen molar-refractivity contribution in [2.75, 3.05) is 10.6 Å². The first-order valence-electron chi connectivity index (χ1n) is 12.8. The first-order chi connectivity index (χ1) is 21.5. The fourth-order valence-electron chi connectivity index (χ4n) is 4.19. The molecule has 0 unspecified atom stereocenters. The second kappa shape index (κ2) is 13.2. The van der Waals surface area contributed by atoms with Gasteiger partial charge in [0.1, 0.15) is 11.5 Å². The Bertz CT molecular complexity index is 1870. The van der Waals surface area contributed by atoms with Crippen LogP contribution in [0.25, 0.3) is 0 Å². The summed E-state index contributed by atoms with van der Waals surface area (Å²) < 4.78 is 5.82. The number of ether oxygens (including phenoxy) is 1. The molecule has 0 radical (unpaired) electrons. The van der Waals surface area contributed by atoms with E-state index in [1.165, 1.54) is 48.5 Å². The molecule has 0 spiro atoms. The van der Waals surface area contributed by atoms with E-state index in [0.29, 0.717) is 22.3 Å². The van der Waals surface area contributed by atoms with E-state index in [4.69, 9.17) is 30.4 Å². The molecule has 0 saturated heterocycles. The number of rotatable bonds is 8. The summed E-state index contributed by atoms with van der Waals surface area (Å²) in [7, 11) is 0. The van der Waals surface area contributed by atoms with E-state index in [1.54, 1.807) is 12.1 Å². The summed E-state index contributed by atoms with van der Waals surface area (Å²) in [5.41, 5.74) is 0.933. The molecule has 4 N–H and O–H groups in total. The predicted molar refractivity (Wildman–Crippen MR) is 167 cm³/mol. The van der Waals surface area contributed by atoms with Crippen LogP contribution in [0.1, 0.15) is 63.7 Å². The lowest BCUT2D eigenvalue weighted by atomic mass is 10.0. The van der Waals surface area contributed by atoms with Gasteiger partial charge in [0, 0.05) is 33.6 Å². The predicted octanol–water partition coefficient (Wildman–Crippen LogP) is 5.31. The molecule has 0 saturated carbocycles. The number of carbonyl (C=O) groups is 4. The number of hydrogen-bond donors (Lipinski definition) is 4. The van der Waals surface area contributed by atoms with E-state index < -0.39 is 23.8 Å². The first-order valence-corrected chi connectivity index (χ1v) is 12.8. The van der Waals surface area contributed by atoms with E-state index in [1.807, 2.05) is 0 Å². The van der Waals surface area contributed by atoms with E-state index in [9.17, 15) is 29.4 Å². The molecule has 0 bridgehead atoms. The quantitative estimate of drug-likeness (QED) is 0.203. The molecule has 0 aromatic heterocycles. The highest BCUT2D eigenvalue weighted by Gasteiger charge is 2.21. The number of carboxylic acids is 2. The molecule has 4 rings (SSSR count). The Morgan fingerprint density at radius 1 is 0.511 bits per heavy atom. The number of aromatic carboxylic acids is 2. The van der Waals surface area contributed by atoms with Crippen LogP contribution in [0.5, 0.6) is 11.5 Å². The Balaban J connectivity index is 1.66. The number of carbonyl (C=O) groups excluding carboxylic acids is 2. The number of terminal acetylenes is 4. The Morgan fingerprint density at radius 3 is 1.13 bits per heavy atom. The van der Waals surface area contributed by atoms with E-state index in [0.717, 1.165) is 12.1 Å². The normalized spacial score (nSPS) is 9.78. The van der Waals surface area contributed by atoms with Crippen LogP contribution < -0.4 is 15.4 Å². The Kier molecular flexibility index (Phi) is 9.01. The highest BCUT2D eigenvalue weighted by molar-refractivity contribution is 6.12. The summed E-state index contributed by atoms with van der Waals surface area (Å²) in [4.78, 5) is 50.2. The van der Waals surface area contributed by atoms with Crippen LogP contribution in [-0.2, 0) is 0 Å². The third-order valence-corrected chi connectivity index (χ3v) is 6.22. The molecule has 4 aromatic rings. The standard InChI is InChI=1S/C36H20N2O7/c1-5-21-13-22(6-2)16-25(15-21)37-33(39)31-19-27(9-11-29(31)35(41)42)45-28-10-12-30(36(43)44)32(20-28)34(40)38-26-17-23(7-3)14-24(8-4)18-26/h1-4,9-20H,(H,37,39)(H,38,40)(H,41,42)(H,43,44). The molecule has 2 amide bonds. The second-order valence-electron chi connectivity index (χ2n) is 9.21. The van der Waals surface area contributed by atoms with Gasteiger partial charge in [0.05, 0.1) is 22.3 Å². The van der Waals surface area contributed by atoms with Gasteiger partial charge >= 0.3 is 11.9 Å². The SMILES string of the molecule is C#Cc1cc(C#C)cc(NC(=O)c2cc(Oc3ccc(C(=O)O)c(C(=O)Nc4cc(C#C)cc(C#C)c4)c3)ccc2C(=O)O)c1. The molecule has 0 heterocycles. The number of nitrogens with one attached hydrogen (secondary N) is 2. The highest BCUT2D eigenvalue weighted by atomic mass is 16.5. The number of hydrogen-bond acceptors (Lipinski definition) is 5. The van der Waals surface area contributed by atoms with Crippen molar-refractivity contribution >= 4 is 35.1 Å². The number of amides is 2. The first kappa shape index (κ1) is 30.8. The zero-order chi connectivity index (χ0) is 32.7. The van der Waals surface area contributed by atoms with Gasteiger partial charge in [0.15, 0.2) is 0 Å². The molecule has 0 aliphatic carbocycles. The van der Waals surface area contributed by atoms with Crippen molar-refractivity contribution in [3.05, 3.63) is 117 Å². The van der Waals surface area contributed by atoms with Gasteiger partial charge in [0.25, 0.3) is 11.8 Å². The molecule has 216 valence electrons. The minimum Gasteiger partial charge on any atom is -0.478 e. The van der Waals surface area contributed by atoms with Crippen molar-refractivity contribution in [3.63, 3.8) is 0 Å². The molecular weight excluding hydrogens is 572 g/mol. The van der Waals surface area contributed by atoms with Crippen molar-refractivity contribution in [1.29, 1.82) is 0 Å². The molecule has 0 fully saturated rings. The van der Waals surface area contributed by atoms with Crippen molar-refractivity contribution in [2.45, 2.75) is 0 Å². The van der Waals surface area contributed by atoms with Crippen LogP contribution in [0.15, 0.2) is 72.8 Å². The van der Waals surface area contributed by atoms with E-state index in [-0.39, 0.29) is 45.1 Å². The van der Waals surface area contributed by atoms with Crippen LogP contribution in [0.3, 0.4) is 0 Å². The molecular formula is C36H20N2O7. The Morgan fingerprint density at radius 2 is 0.844 bits per heavy atom. The zero-order valence-electron chi connectivity index (χ0n) is 23.2. The van der Waals surface area contributed by atoms with Gasteiger partial charge in [0.2, 0.25) is 0 Å². The minimum absolute atomic E-state index is 0.0154. The number of carboxylic acid groups (broad SMARTS) is 2. The lowest BCUT2D eigenvalue weighted by Gasteiger charge is -2.13. The van der Waals surface area contributed by atoms with Crippen molar-refractivity contribution in [2.24, 2.45) is 0 Å². The van der Waals surface area contributed by atoms with Gasteiger partial charge in [-0.3, -0.25) is 9.59 Å². The average Bonchev–Trinajstić information content (AvgIpc) is 3.03. The van der Waals surface area contributed by atoms with Crippen molar-refractivity contribution in [3.8, 4) is 60.9 Å². The molecule has 9 nitrogen and oxygen atoms in total. The number of anilines is 2. The summed E-state index contributed by atoms with van der Waals surface area (Å²) in [6.07, 6.45) is 21.8. The van der Waals surface area contributed by atoms with Gasteiger partial charge in [-0.15, -0.1) is 25.7 Å². The number of benzene rings is 4. The molecule has 0 aliphatic rings. The topological polar surface area (TPSA) is 142 Å². The maximum Gasteiger partial charge on any atom is 0.336 e. The smallest absolute Gasteiger partial charge is 0.336 e. The van der Waals surface area contributed by atoms with Crippen molar-refractivity contribution in [1.82, 2.24) is 0 Å². The van der Waals surface area contributed by atoms with Crippen LogP contribution in [0.4, 0.5) is 11.4 Å². The monoisotopic (exact) mass is 592 g/mol. The van der Waals surface area contributed by atoms with Crippen LogP contribution in [0, 0.1) is 49.4 Å². The maximum absolute atomic E-state index is 13.2. The van der Waals surface area contributed by atoms with Crippen molar-refractivity contribution < 1.29 is 34.1 Å². The second-order valence-corrected chi connectivity index (χ2v) is 9.21. The van der Waals surface area contributed by atoms with E-state index in [2.05, 4.69) is 34.3 Å².